The van der Waals surface area contributed by atoms with Crippen LogP contribution < -0.4 is 4.90 Å². The minimum atomic E-state index is -0.246. The van der Waals surface area contributed by atoms with Gasteiger partial charge >= 0.3 is 0 Å². The van der Waals surface area contributed by atoms with Gasteiger partial charge in [0.25, 0.3) is 0 Å². The van der Waals surface area contributed by atoms with Gasteiger partial charge in [-0.3, -0.25) is 15.0 Å². The highest BCUT2D eigenvalue weighted by atomic mass is 35.5. The third kappa shape index (κ3) is 3.27. The molecule has 7 rings (SSSR count). The maximum Gasteiger partial charge on any atom is 0.155 e. The molecule has 0 N–H and O–H groups in total. The second-order valence-electron chi connectivity index (χ2n) is 9.95. The molecule has 4 aromatic heterocycles. The van der Waals surface area contributed by atoms with Crippen LogP contribution in [-0.4, -0.2) is 42.6 Å². The summed E-state index contributed by atoms with van der Waals surface area (Å²) in [6, 6.07) is 7.55. The zero-order valence-corrected chi connectivity index (χ0v) is 20.5. The van der Waals surface area contributed by atoms with E-state index in [2.05, 4.69) is 25.0 Å². The van der Waals surface area contributed by atoms with E-state index in [0.29, 0.717) is 10.5 Å². The van der Waals surface area contributed by atoms with E-state index in [4.69, 9.17) is 16.6 Å². The molecular formula is C27H23ClFN7. The molecule has 0 bridgehead atoms. The zero-order valence-electron chi connectivity index (χ0n) is 19.7. The molecule has 0 unspecified atom stereocenters. The highest BCUT2D eigenvalue weighted by Gasteiger charge is 2.41. The highest BCUT2D eigenvalue weighted by Crippen LogP contribution is 2.45. The van der Waals surface area contributed by atoms with E-state index in [1.165, 1.54) is 6.20 Å². The van der Waals surface area contributed by atoms with Gasteiger partial charge in [-0.05, 0) is 67.9 Å². The largest absolute Gasteiger partial charge is 0.355 e. The Labute approximate surface area is 212 Å². The minimum absolute atomic E-state index is 0.158. The van der Waals surface area contributed by atoms with Gasteiger partial charge in [0.15, 0.2) is 5.82 Å². The van der Waals surface area contributed by atoms with Crippen molar-refractivity contribution in [2.75, 3.05) is 18.0 Å². The molecule has 0 atom stereocenters. The number of aromatic nitrogens is 6. The number of hydrogen-bond acceptors (Lipinski definition) is 6. The number of halogens is 2. The van der Waals surface area contributed by atoms with E-state index < -0.39 is 0 Å². The van der Waals surface area contributed by atoms with Crippen LogP contribution in [0, 0.1) is 18.2 Å². The Balaban J connectivity index is 1.23. The first-order chi connectivity index (χ1) is 17.5. The molecular weight excluding hydrogens is 477 g/mol. The molecule has 1 fully saturated rings. The molecule has 1 aliphatic carbocycles. The zero-order chi connectivity index (χ0) is 24.4. The van der Waals surface area contributed by atoms with Gasteiger partial charge in [0.2, 0.25) is 0 Å². The number of anilines is 1. The Kier molecular flexibility index (Phi) is 4.76. The number of pyridine rings is 1. The highest BCUT2D eigenvalue weighted by molar-refractivity contribution is 6.37. The lowest BCUT2D eigenvalue weighted by molar-refractivity contribution is 0.231. The van der Waals surface area contributed by atoms with Gasteiger partial charge in [0.1, 0.15) is 16.9 Å². The van der Waals surface area contributed by atoms with Crippen molar-refractivity contribution in [3.63, 3.8) is 0 Å². The van der Waals surface area contributed by atoms with Crippen LogP contribution in [0.1, 0.15) is 29.8 Å². The summed E-state index contributed by atoms with van der Waals surface area (Å²) in [4.78, 5) is 20.6. The van der Waals surface area contributed by atoms with Crippen LogP contribution >= 0.6 is 11.6 Å². The topological polar surface area (TPSA) is 72.1 Å². The van der Waals surface area contributed by atoms with E-state index in [1.807, 2.05) is 29.6 Å². The standard InChI is InChI=1S/C27H23ClFN7/c1-16-25(19-2-3-20-24(23(19)28)31-9-8-30-20)36-22(4-7-33-36)26(34-16)35-10-5-27(6-11-35)13-17-12-18(29)15-32-21(17)14-27/h2-4,7-9,12,15H,5-6,10-11,13-14H2,1H3. The summed E-state index contributed by atoms with van der Waals surface area (Å²) in [5, 5.41) is 5.19. The quantitative estimate of drug-likeness (QED) is 0.331. The van der Waals surface area contributed by atoms with Crippen LogP contribution in [0.3, 0.4) is 0 Å². The SMILES string of the molecule is Cc1nc(N2CCC3(CC2)Cc2cc(F)cnc2C3)c2ccnn2c1-c1ccc2nccnc2c1Cl. The molecule has 2 aliphatic rings. The molecule has 180 valence electrons. The maximum atomic E-state index is 13.7. The van der Waals surface area contributed by atoms with Gasteiger partial charge in [-0.1, -0.05) is 11.6 Å². The fourth-order valence-electron chi connectivity index (χ4n) is 5.99. The second kappa shape index (κ2) is 7.93. The van der Waals surface area contributed by atoms with Crippen molar-refractivity contribution in [2.24, 2.45) is 5.41 Å². The maximum absolute atomic E-state index is 13.7. The predicted octanol–water partition coefficient (Wildman–Crippen LogP) is 5.22. The van der Waals surface area contributed by atoms with Crippen molar-refractivity contribution < 1.29 is 4.39 Å². The summed E-state index contributed by atoms with van der Waals surface area (Å²) in [5.41, 5.74) is 7.16. The number of rotatable bonds is 2. The first-order valence-corrected chi connectivity index (χ1v) is 12.5. The Morgan fingerprint density at radius 3 is 2.69 bits per heavy atom. The van der Waals surface area contributed by atoms with Crippen molar-refractivity contribution in [1.29, 1.82) is 0 Å². The van der Waals surface area contributed by atoms with Crippen molar-refractivity contribution >= 4 is 34.0 Å². The van der Waals surface area contributed by atoms with Crippen molar-refractivity contribution in [1.82, 2.24) is 29.5 Å². The van der Waals surface area contributed by atoms with E-state index in [1.54, 1.807) is 24.7 Å². The molecule has 1 saturated heterocycles. The van der Waals surface area contributed by atoms with E-state index >= 15 is 0 Å². The van der Waals surface area contributed by atoms with Gasteiger partial charge in [-0.25, -0.2) is 13.9 Å². The lowest BCUT2D eigenvalue weighted by Gasteiger charge is -2.40. The summed E-state index contributed by atoms with van der Waals surface area (Å²) in [7, 11) is 0. The average Bonchev–Trinajstić information content (AvgIpc) is 3.50. The number of fused-ring (bicyclic) bond motifs is 3. The molecule has 1 aromatic carbocycles. The molecule has 1 spiro atoms. The molecule has 36 heavy (non-hydrogen) atoms. The number of piperidine rings is 1. The normalized spacial score (nSPS) is 16.8. The molecule has 9 heteroatoms. The molecule has 0 saturated carbocycles. The lowest BCUT2D eigenvalue weighted by Crippen LogP contribution is -2.41. The van der Waals surface area contributed by atoms with Crippen LogP contribution in [0.4, 0.5) is 10.2 Å². The van der Waals surface area contributed by atoms with Crippen LogP contribution in [0.2, 0.25) is 5.02 Å². The van der Waals surface area contributed by atoms with Gasteiger partial charge < -0.3 is 4.90 Å². The minimum Gasteiger partial charge on any atom is -0.355 e. The summed E-state index contributed by atoms with van der Waals surface area (Å²) < 4.78 is 15.6. The van der Waals surface area contributed by atoms with Gasteiger partial charge in [0.05, 0.1) is 34.3 Å². The van der Waals surface area contributed by atoms with Crippen LogP contribution in [-0.2, 0) is 12.8 Å². The average molecular weight is 500 g/mol. The first-order valence-electron chi connectivity index (χ1n) is 12.1. The second-order valence-corrected chi connectivity index (χ2v) is 10.3. The predicted molar refractivity (Wildman–Crippen MR) is 137 cm³/mol. The van der Waals surface area contributed by atoms with E-state index in [-0.39, 0.29) is 11.2 Å². The Bertz CT molecular complexity index is 1660. The summed E-state index contributed by atoms with van der Waals surface area (Å²) in [6.07, 6.45) is 10.3. The fraction of sp³-hybridized carbons (Fsp3) is 0.296. The Hall–Kier alpha value is -3.65. The summed E-state index contributed by atoms with van der Waals surface area (Å²) in [5.74, 6) is 0.685. The molecule has 5 aromatic rings. The molecule has 1 aliphatic heterocycles. The number of hydrogen-bond donors (Lipinski definition) is 0. The molecule has 7 nitrogen and oxygen atoms in total. The third-order valence-electron chi connectivity index (χ3n) is 7.79. The smallest absolute Gasteiger partial charge is 0.155 e. The third-order valence-corrected chi connectivity index (χ3v) is 8.17. The van der Waals surface area contributed by atoms with Crippen LogP contribution in [0.25, 0.3) is 27.8 Å². The Morgan fingerprint density at radius 2 is 1.83 bits per heavy atom. The Morgan fingerprint density at radius 1 is 1.00 bits per heavy atom. The number of nitrogens with zero attached hydrogens (tertiary/aromatic N) is 7. The monoisotopic (exact) mass is 499 g/mol. The van der Waals surface area contributed by atoms with Crippen molar-refractivity contribution in [2.45, 2.75) is 32.6 Å². The lowest BCUT2D eigenvalue weighted by atomic mass is 9.76. The van der Waals surface area contributed by atoms with E-state index in [9.17, 15) is 4.39 Å². The molecule has 0 radical (unpaired) electrons. The summed E-state index contributed by atoms with van der Waals surface area (Å²) in [6.45, 7) is 3.77. The summed E-state index contributed by atoms with van der Waals surface area (Å²) >= 11 is 6.81. The number of benzene rings is 1. The van der Waals surface area contributed by atoms with Crippen molar-refractivity contribution in [3.05, 3.63) is 76.8 Å². The molecule has 5 heterocycles. The van der Waals surface area contributed by atoms with Crippen molar-refractivity contribution in [3.8, 4) is 11.3 Å². The van der Waals surface area contributed by atoms with Crippen LogP contribution in [0.15, 0.2) is 49.1 Å². The van der Waals surface area contributed by atoms with E-state index in [0.717, 1.165) is 83.8 Å². The fourth-order valence-corrected chi connectivity index (χ4v) is 6.29. The van der Waals surface area contributed by atoms with Gasteiger partial charge in [0, 0.05) is 36.7 Å². The number of aryl methyl sites for hydroxylation is 1. The van der Waals surface area contributed by atoms with Gasteiger partial charge in [-0.2, -0.15) is 5.10 Å². The van der Waals surface area contributed by atoms with Gasteiger partial charge in [-0.15, -0.1) is 0 Å². The molecule has 0 amide bonds. The van der Waals surface area contributed by atoms with Crippen LogP contribution in [0.5, 0.6) is 0 Å². The first kappa shape index (κ1) is 21.6.